The third-order valence-corrected chi connectivity index (χ3v) is 4.65. The van der Waals surface area contributed by atoms with Crippen molar-refractivity contribution in [2.75, 3.05) is 7.05 Å². The van der Waals surface area contributed by atoms with Crippen molar-refractivity contribution in [3.63, 3.8) is 0 Å². The summed E-state index contributed by atoms with van der Waals surface area (Å²) in [7, 11) is 2.05. The molecule has 0 amide bonds. The smallest absolute Gasteiger partial charge is 0.123 e. The number of aryl methyl sites for hydroxylation is 1. The van der Waals surface area contributed by atoms with E-state index in [-0.39, 0.29) is 5.82 Å². The molecule has 5 nitrogen and oxygen atoms in total. The average molecular weight is 375 g/mol. The summed E-state index contributed by atoms with van der Waals surface area (Å²) in [6.45, 7) is 3.52. The first kappa shape index (κ1) is 18.1. The van der Waals surface area contributed by atoms with E-state index in [1.165, 1.54) is 17.7 Å². The summed E-state index contributed by atoms with van der Waals surface area (Å²) in [6, 6.07) is 16.7. The van der Waals surface area contributed by atoms with Crippen molar-refractivity contribution >= 4 is 0 Å². The molecule has 0 saturated heterocycles. The van der Waals surface area contributed by atoms with Gasteiger partial charge in [0.05, 0.1) is 11.4 Å². The zero-order chi connectivity index (χ0) is 19.5. The first-order valence-electron chi connectivity index (χ1n) is 9.17. The maximum atomic E-state index is 13.4. The van der Waals surface area contributed by atoms with E-state index in [1.807, 2.05) is 16.9 Å². The van der Waals surface area contributed by atoms with E-state index in [0.29, 0.717) is 6.54 Å². The van der Waals surface area contributed by atoms with Gasteiger partial charge < -0.3 is 0 Å². The molecule has 0 fully saturated rings. The van der Waals surface area contributed by atoms with Crippen LogP contribution in [0.1, 0.15) is 16.8 Å². The van der Waals surface area contributed by atoms with Crippen LogP contribution in [-0.4, -0.2) is 31.9 Å². The molecule has 1 N–H and O–H groups in total. The minimum Gasteiger partial charge on any atom is -0.296 e. The van der Waals surface area contributed by atoms with Crippen LogP contribution in [-0.2, 0) is 13.1 Å². The minimum atomic E-state index is -0.250. The molecule has 0 aliphatic carbocycles. The van der Waals surface area contributed by atoms with E-state index in [2.05, 4.69) is 53.3 Å². The van der Waals surface area contributed by atoms with Crippen molar-refractivity contribution in [1.29, 1.82) is 0 Å². The molecule has 0 unspecified atom stereocenters. The van der Waals surface area contributed by atoms with Gasteiger partial charge in [0.25, 0.3) is 0 Å². The first-order valence-corrected chi connectivity index (χ1v) is 9.17. The highest BCUT2D eigenvalue weighted by atomic mass is 19.1. The van der Waals surface area contributed by atoms with Gasteiger partial charge in [0.15, 0.2) is 0 Å². The number of rotatable bonds is 6. The molecule has 0 saturated carbocycles. The molecule has 28 heavy (non-hydrogen) atoms. The third-order valence-electron chi connectivity index (χ3n) is 4.65. The number of H-pyrrole nitrogens is 1. The SMILES string of the molecule is Cc1ccc(-n2cc(CN(C)Cc3ccn[nH]3)c(-c3ccc(F)cc3)n2)cc1. The van der Waals surface area contributed by atoms with Gasteiger partial charge in [-0.2, -0.15) is 10.2 Å². The number of aromatic amines is 1. The van der Waals surface area contributed by atoms with Crippen molar-refractivity contribution in [3.8, 4) is 16.9 Å². The van der Waals surface area contributed by atoms with Gasteiger partial charge in [-0.05, 0) is 56.4 Å². The Hall–Kier alpha value is -3.25. The lowest BCUT2D eigenvalue weighted by Crippen LogP contribution is -2.17. The van der Waals surface area contributed by atoms with Crippen molar-refractivity contribution in [1.82, 2.24) is 24.9 Å². The number of hydrogen-bond donors (Lipinski definition) is 1. The largest absolute Gasteiger partial charge is 0.296 e. The lowest BCUT2D eigenvalue weighted by molar-refractivity contribution is 0.315. The van der Waals surface area contributed by atoms with Crippen LogP contribution in [0, 0.1) is 12.7 Å². The number of halogens is 1. The summed E-state index contributed by atoms with van der Waals surface area (Å²) in [5.41, 5.74) is 6.09. The van der Waals surface area contributed by atoms with Gasteiger partial charge in [0.1, 0.15) is 5.82 Å². The minimum absolute atomic E-state index is 0.250. The second-order valence-electron chi connectivity index (χ2n) is 7.04. The Kier molecular flexibility index (Phi) is 5.04. The van der Waals surface area contributed by atoms with E-state index in [0.717, 1.165) is 34.7 Å². The molecule has 0 spiro atoms. The Morgan fingerprint density at radius 3 is 2.43 bits per heavy atom. The standard InChI is InChI=1S/C22H22FN5/c1-16-3-9-21(10-4-16)28-14-18(13-27(2)15-20-11-12-24-25-20)22(26-28)17-5-7-19(23)8-6-17/h3-12,14H,13,15H2,1-2H3,(H,24,25). The molecule has 6 heteroatoms. The van der Waals surface area contributed by atoms with Crippen LogP contribution in [0.15, 0.2) is 67.0 Å². The van der Waals surface area contributed by atoms with E-state index in [9.17, 15) is 4.39 Å². The monoisotopic (exact) mass is 375 g/mol. The summed E-state index contributed by atoms with van der Waals surface area (Å²) in [5.74, 6) is -0.250. The highest BCUT2D eigenvalue weighted by Gasteiger charge is 2.15. The van der Waals surface area contributed by atoms with Crippen LogP contribution in [0.2, 0.25) is 0 Å². The topological polar surface area (TPSA) is 49.7 Å². The van der Waals surface area contributed by atoms with E-state index in [1.54, 1.807) is 18.3 Å². The zero-order valence-electron chi connectivity index (χ0n) is 15.9. The average Bonchev–Trinajstić information content (AvgIpc) is 3.33. The van der Waals surface area contributed by atoms with Gasteiger partial charge in [0, 0.05) is 42.3 Å². The van der Waals surface area contributed by atoms with Gasteiger partial charge in [0.2, 0.25) is 0 Å². The van der Waals surface area contributed by atoms with Crippen LogP contribution in [0.3, 0.4) is 0 Å². The van der Waals surface area contributed by atoms with Crippen molar-refractivity contribution < 1.29 is 4.39 Å². The molecular weight excluding hydrogens is 353 g/mol. The molecule has 0 radical (unpaired) electrons. The molecule has 0 atom stereocenters. The number of hydrogen-bond acceptors (Lipinski definition) is 3. The maximum absolute atomic E-state index is 13.4. The van der Waals surface area contributed by atoms with Crippen molar-refractivity contribution in [3.05, 3.63) is 89.6 Å². The molecule has 4 aromatic rings. The normalized spacial score (nSPS) is 11.3. The maximum Gasteiger partial charge on any atom is 0.123 e. The van der Waals surface area contributed by atoms with E-state index in [4.69, 9.17) is 5.10 Å². The molecule has 0 aliphatic heterocycles. The lowest BCUT2D eigenvalue weighted by atomic mass is 10.1. The summed E-state index contributed by atoms with van der Waals surface area (Å²) in [6.07, 6.45) is 3.80. The van der Waals surface area contributed by atoms with Crippen LogP contribution >= 0.6 is 0 Å². The molecule has 2 aromatic carbocycles. The molecule has 0 aliphatic rings. The van der Waals surface area contributed by atoms with Crippen molar-refractivity contribution in [2.24, 2.45) is 0 Å². The molecule has 142 valence electrons. The molecular formula is C22H22FN5. The Morgan fingerprint density at radius 1 is 1.00 bits per heavy atom. The predicted molar refractivity (Wildman–Crippen MR) is 107 cm³/mol. The summed E-state index contributed by atoms with van der Waals surface area (Å²) in [4.78, 5) is 2.19. The Labute approximate surface area is 163 Å². The molecule has 4 rings (SSSR count). The predicted octanol–water partition coefficient (Wildman–Crippen LogP) is 4.34. The lowest BCUT2D eigenvalue weighted by Gasteiger charge is -2.15. The van der Waals surface area contributed by atoms with E-state index >= 15 is 0 Å². The summed E-state index contributed by atoms with van der Waals surface area (Å²) in [5, 5.41) is 11.8. The van der Waals surface area contributed by atoms with E-state index < -0.39 is 0 Å². The Bertz CT molecular complexity index is 1030. The second kappa shape index (κ2) is 7.78. The van der Waals surface area contributed by atoms with Crippen LogP contribution in [0.4, 0.5) is 4.39 Å². The Morgan fingerprint density at radius 2 is 1.75 bits per heavy atom. The quantitative estimate of drug-likeness (QED) is 0.545. The van der Waals surface area contributed by atoms with Gasteiger partial charge >= 0.3 is 0 Å². The number of nitrogens with zero attached hydrogens (tertiary/aromatic N) is 4. The second-order valence-corrected chi connectivity index (χ2v) is 7.04. The van der Waals surface area contributed by atoms with Crippen LogP contribution < -0.4 is 0 Å². The third kappa shape index (κ3) is 4.02. The van der Waals surface area contributed by atoms with Gasteiger partial charge in [-0.1, -0.05) is 17.7 Å². The summed E-state index contributed by atoms with van der Waals surface area (Å²) >= 11 is 0. The highest BCUT2D eigenvalue weighted by Crippen LogP contribution is 2.25. The molecule has 2 aromatic heterocycles. The van der Waals surface area contributed by atoms with Gasteiger partial charge in [-0.15, -0.1) is 0 Å². The fourth-order valence-corrected chi connectivity index (χ4v) is 3.22. The van der Waals surface area contributed by atoms with Gasteiger partial charge in [-0.3, -0.25) is 10.00 Å². The first-order chi connectivity index (χ1) is 13.6. The number of nitrogens with one attached hydrogen (secondary N) is 1. The number of aromatic nitrogens is 4. The van der Waals surface area contributed by atoms with Gasteiger partial charge in [-0.25, -0.2) is 9.07 Å². The zero-order valence-corrected chi connectivity index (χ0v) is 15.9. The Balaban J connectivity index is 1.67. The summed E-state index contributed by atoms with van der Waals surface area (Å²) < 4.78 is 15.3. The highest BCUT2D eigenvalue weighted by molar-refractivity contribution is 5.63. The number of benzene rings is 2. The fourth-order valence-electron chi connectivity index (χ4n) is 3.22. The molecule has 2 heterocycles. The van der Waals surface area contributed by atoms with Crippen LogP contribution in [0.5, 0.6) is 0 Å². The van der Waals surface area contributed by atoms with Crippen molar-refractivity contribution in [2.45, 2.75) is 20.0 Å². The van der Waals surface area contributed by atoms with Crippen LogP contribution in [0.25, 0.3) is 16.9 Å². The molecule has 0 bridgehead atoms. The fraction of sp³-hybridized carbons (Fsp3) is 0.182.